The van der Waals surface area contributed by atoms with Gasteiger partial charge >= 0.3 is 0 Å². The van der Waals surface area contributed by atoms with Gasteiger partial charge in [0.05, 0.1) is 13.3 Å². The molecule has 3 rings (SSSR count). The summed E-state index contributed by atoms with van der Waals surface area (Å²) in [6, 6.07) is 1.81. The minimum absolute atomic E-state index is 0.363. The van der Waals surface area contributed by atoms with E-state index in [1.165, 1.54) is 5.57 Å². The maximum atomic E-state index is 8.10. The van der Waals surface area contributed by atoms with Crippen LogP contribution >= 0.6 is 0 Å². The minimum Gasteiger partial charge on any atom is -0.313 e. The molecule has 3 heterocycles. The van der Waals surface area contributed by atoms with Crippen LogP contribution in [0.15, 0.2) is 24.5 Å². The Bertz CT molecular complexity index is 642. The van der Waals surface area contributed by atoms with Crippen molar-refractivity contribution in [1.29, 1.82) is 0 Å². The standard InChI is InChI=1S/C14H18N4/c1-10(2)12-9-16-18-8-5-13(17-14(12)18)11-3-6-15-7-4-11/h3,5,8-10,15H,4,6-7H2,1-2H3/i8D. The van der Waals surface area contributed by atoms with E-state index in [4.69, 9.17) is 6.35 Å². The van der Waals surface area contributed by atoms with E-state index in [0.29, 0.717) is 12.1 Å². The summed E-state index contributed by atoms with van der Waals surface area (Å²) in [6.07, 6.45) is 5.35. The van der Waals surface area contributed by atoms with Crippen LogP contribution in [0.4, 0.5) is 0 Å². The maximum Gasteiger partial charge on any atom is 0.159 e. The summed E-state index contributed by atoms with van der Waals surface area (Å²) in [6.45, 7) is 6.10. The van der Waals surface area contributed by atoms with Crippen LogP contribution in [-0.2, 0) is 0 Å². The quantitative estimate of drug-likeness (QED) is 0.879. The summed E-state index contributed by atoms with van der Waals surface area (Å²) >= 11 is 0. The highest BCUT2D eigenvalue weighted by Crippen LogP contribution is 2.22. The molecule has 4 nitrogen and oxygen atoms in total. The van der Waals surface area contributed by atoms with Crippen LogP contribution in [0, 0.1) is 0 Å². The molecule has 0 amide bonds. The highest BCUT2D eigenvalue weighted by molar-refractivity contribution is 5.65. The molecule has 0 saturated heterocycles. The van der Waals surface area contributed by atoms with Gasteiger partial charge in [-0.05, 0) is 30.5 Å². The average Bonchev–Trinajstić information content (AvgIpc) is 2.84. The molecule has 94 valence electrons. The largest absolute Gasteiger partial charge is 0.313 e. The van der Waals surface area contributed by atoms with Crippen molar-refractivity contribution in [2.75, 3.05) is 13.1 Å². The Balaban J connectivity index is 2.16. The van der Waals surface area contributed by atoms with Crippen LogP contribution in [0.2, 0.25) is 0 Å². The van der Waals surface area contributed by atoms with Gasteiger partial charge in [-0.3, -0.25) is 0 Å². The lowest BCUT2D eigenvalue weighted by molar-refractivity contribution is 0.736. The van der Waals surface area contributed by atoms with E-state index in [1.54, 1.807) is 10.6 Å². The first kappa shape index (κ1) is 10.3. The third-order valence-electron chi connectivity index (χ3n) is 3.34. The zero-order valence-electron chi connectivity index (χ0n) is 11.8. The van der Waals surface area contributed by atoms with Gasteiger partial charge in [0.2, 0.25) is 0 Å². The molecule has 0 radical (unpaired) electrons. The van der Waals surface area contributed by atoms with Crippen LogP contribution in [0.5, 0.6) is 0 Å². The first-order valence-corrected chi connectivity index (χ1v) is 6.42. The lowest BCUT2D eigenvalue weighted by Gasteiger charge is -2.13. The molecule has 2 aromatic rings. The predicted octanol–water partition coefficient (Wildman–Crippen LogP) is 2.23. The summed E-state index contributed by atoms with van der Waals surface area (Å²) in [4.78, 5) is 4.73. The normalized spacial score (nSPS) is 17.1. The number of fused-ring (bicyclic) bond motifs is 1. The van der Waals surface area contributed by atoms with Crippen LogP contribution in [0.25, 0.3) is 11.2 Å². The molecule has 0 aromatic carbocycles. The molecule has 18 heavy (non-hydrogen) atoms. The molecule has 1 N–H and O–H groups in total. The summed E-state index contributed by atoms with van der Waals surface area (Å²) in [5.41, 5.74) is 4.06. The maximum absolute atomic E-state index is 8.10. The van der Waals surface area contributed by atoms with E-state index in [9.17, 15) is 0 Å². The molecule has 1 aliphatic heterocycles. The molecule has 4 heteroatoms. The number of nitrogens with one attached hydrogen (secondary N) is 1. The first-order chi connectivity index (χ1) is 9.16. The Morgan fingerprint density at radius 3 is 3.11 bits per heavy atom. The van der Waals surface area contributed by atoms with E-state index in [1.807, 2.05) is 6.20 Å². The van der Waals surface area contributed by atoms with Crippen molar-refractivity contribution in [3.63, 3.8) is 0 Å². The summed E-state index contributed by atoms with van der Waals surface area (Å²) in [7, 11) is 0. The fourth-order valence-electron chi connectivity index (χ4n) is 2.26. The molecule has 0 spiro atoms. The molecule has 0 fully saturated rings. The zero-order valence-corrected chi connectivity index (χ0v) is 10.8. The molecule has 0 aliphatic carbocycles. The van der Waals surface area contributed by atoms with Gasteiger partial charge < -0.3 is 5.32 Å². The van der Waals surface area contributed by atoms with Gasteiger partial charge in [-0.2, -0.15) is 5.10 Å². The van der Waals surface area contributed by atoms with Gasteiger partial charge in [0.1, 0.15) is 0 Å². The third-order valence-corrected chi connectivity index (χ3v) is 3.34. The van der Waals surface area contributed by atoms with Crippen LogP contribution in [0.1, 0.15) is 38.8 Å². The Kier molecular flexibility index (Phi) is 2.59. The second kappa shape index (κ2) is 4.53. The first-order valence-electron chi connectivity index (χ1n) is 6.92. The van der Waals surface area contributed by atoms with E-state index >= 15 is 0 Å². The van der Waals surface area contributed by atoms with Gasteiger partial charge in [0.15, 0.2) is 5.65 Å². The SMILES string of the molecule is [2H]c1cc(C2=CCNCC2)nc2c(C(C)C)cnn12. The summed E-state index contributed by atoms with van der Waals surface area (Å²) < 4.78 is 9.71. The van der Waals surface area contributed by atoms with Crippen molar-refractivity contribution < 1.29 is 1.37 Å². The van der Waals surface area contributed by atoms with Crippen LogP contribution in [0.3, 0.4) is 0 Å². The predicted molar refractivity (Wildman–Crippen MR) is 72.5 cm³/mol. The molecule has 1 aliphatic rings. The fourth-order valence-corrected chi connectivity index (χ4v) is 2.26. The van der Waals surface area contributed by atoms with Crippen molar-refractivity contribution in [2.45, 2.75) is 26.2 Å². The average molecular weight is 243 g/mol. The van der Waals surface area contributed by atoms with E-state index in [-0.39, 0.29) is 0 Å². The fraction of sp³-hybridized carbons (Fsp3) is 0.429. The molecular formula is C14H18N4. The number of hydrogen-bond acceptors (Lipinski definition) is 3. The molecule has 0 bridgehead atoms. The summed E-state index contributed by atoms with van der Waals surface area (Å²) in [5, 5.41) is 7.55. The van der Waals surface area contributed by atoms with Crippen LogP contribution in [-0.4, -0.2) is 27.7 Å². The molecule has 0 saturated carbocycles. The number of hydrogen-bond donors (Lipinski definition) is 1. The lowest BCUT2D eigenvalue weighted by Crippen LogP contribution is -2.20. The number of aromatic nitrogens is 3. The van der Waals surface area contributed by atoms with E-state index < -0.39 is 0 Å². The second-order valence-corrected chi connectivity index (χ2v) is 4.94. The van der Waals surface area contributed by atoms with E-state index in [2.05, 4.69) is 30.3 Å². The van der Waals surface area contributed by atoms with Crippen molar-refractivity contribution in [1.82, 2.24) is 19.9 Å². The lowest BCUT2D eigenvalue weighted by atomic mass is 10.1. The van der Waals surface area contributed by atoms with Crippen molar-refractivity contribution >= 4 is 11.2 Å². The highest BCUT2D eigenvalue weighted by Gasteiger charge is 2.12. The van der Waals surface area contributed by atoms with E-state index in [0.717, 1.165) is 36.4 Å². The Morgan fingerprint density at radius 1 is 1.50 bits per heavy atom. The molecule has 2 aromatic heterocycles. The van der Waals surface area contributed by atoms with Crippen molar-refractivity contribution in [3.05, 3.63) is 35.8 Å². The van der Waals surface area contributed by atoms with Gasteiger partial charge in [-0.1, -0.05) is 19.9 Å². The number of rotatable bonds is 2. The van der Waals surface area contributed by atoms with Gasteiger partial charge in [0.25, 0.3) is 0 Å². The molecule has 0 unspecified atom stereocenters. The number of nitrogens with zero attached hydrogens (tertiary/aromatic N) is 3. The second-order valence-electron chi connectivity index (χ2n) is 4.94. The third kappa shape index (κ3) is 1.93. The van der Waals surface area contributed by atoms with Crippen molar-refractivity contribution in [3.8, 4) is 0 Å². The summed E-state index contributed by atoms with van der Waals surface area (Å²) in [5.74, 6) is 0.363. The monoisotopic (exact) mass is 243 g/mol. The Morgan fingerprint density at radius 2 is 2.39 bits per heavy atom. The van der Waals surface area contributed by atoms with Crippen LogP contribution < -0.4 is 5.32 Å². The smallest absolute Gasteiger partial charge is 0.159 e. The zero-order chi connectivity index (χ0) is 13.4. The van der Waals surface area contributed by atoms with Gasteiger partial charge in [-0.25, -0.2) is 9.50 Å². The Labute approximate surface area is 108 Å². The Hall–Kier alpha value is -1.68. The molecular weight excluding hydrogens is 224 g/mol. The highest BCUT2D eigenvalue weighted by atomic mass is 15.2. The van der Waals surface area contributed by atoms with Crippen molar-refractivity contribution in [2.24, 2.45) is 0 Å². The topological polar surface area (TPSA) is 42.2 Å². The van der Waals surface area contributed by atoms with Gasteiger partial charge in [-0.15, -0.1) is 0 Å². The molecule has 0 atom stereocenters. The van der Waals surface area contributed by atoms with Gasteiger partial charge in [0, 0.05) is 18.3 Å². The minimum atomic E-state index is 0.363.